The Hall–Kier alpha value is -0.780. The Labute approximate surface area is 68.3 Å². The lowest BCUT2D eigenvalue weighted by atomic mass is 9.88. The average molecular weight is 146 g/mol. The smallest absolute Gasteiger partial charge is 0.00169 e. The second-order valence-corrected chi connectivity index (χ2v) is 3.34. The highest BCUT2D eigenvalue weighted by Crippen LogP contribution is 2.28. The molecule has 0 saturated heterocycles. The van der Waals surface area contributed by atoms with E-state index in [4.69, 9.17) is 0 Å². The summed E-state index contributed by atoms with van der Waals surface area (Å²) in [6.45, 7) is 0. The van der Waals surface area contributed by atoms with Crippen LogP contribution in [0.4, 0.5) is 0 Å². The van der Waals surface area contributed by atoms with Crippen LogP contribution >= 0.6 is 0 Å². The predicted molar refractivity (Wildman–Crippen MR) is 48.3 cm³/mol. The fourth-order valence-corrected chi connectivity index (χ4v) is 1.86. The summed E-state index contributed by atoms with van der Waals surface area (Å²) in [4.78, 5) is 0. The summed E-state index contributed by atoms with van der Waals surface area (Å²) < 4.78 is 0. The van der Waals surface area contributed by atoms with E-state index in [-0.39, 0.29) is 0 Å². The first-order valence-electron chi connectivity index (χ1n) is 4.49. The van der Waals surface area contributed by atoms with Crippen molar-refractivity contribution in [1.29, 1.82) is 0 Å². The summed E-state index contributed by atoms with van der Waals surface area (Å²) in [6.07, 6.45) is 16.6. The molecular formula is C11H14. The van der Waals surface area contributed by atoms with Gasteiger partial charge in [-0.25, -0.2) is 0 Å². The first-order chi connectivity index (χ1) is 5.47. The van der Waals surface area contributed by atoms with Gasteiger partial charge in [-0.1, -0.05) is 36.0 Å². The third-order valence-corrected chi connectivity index (χ3v) is 2.53. The largest absolute Gasteiger partial charge is 0.0879 e. The third kappa shape index (κ3) is 1.45. The minimum Gasteiger partial charge on any atom is -0.0879 e. The van der Waals surface area contributed by atoms with Gasteiger partial charge in [0.25, 0.3) is 0 Å². The van der Waals surface area contributed by atoms with Crippen LogP contribution in [-0.4, -0.2) is 0 Å². The van der Waals surface area contributed by atoms with Crippen molar-refractivity contribution in [1.82, 2.24) is 0 Å². The molecule has 0 aromatic heterocycles. The molecule has 0 aromatic carbocycles. The van der Waals surface area contributed by atoms with Gasteiger partial charge in [0.1, 0.15) is 0 Å². The highest BCUT2D eigenvalue weighted by molar-refractivity contribution is 5.28. The summed E-state index contributed by atoms with van der Waals surface area (Å²) in [5.41, 5.74) is 1.61. The van der Waals surface area contributed by atoms with Crippen LogP contribution in [0.15, 0.2) is 36.0 Å². The standard InChI is InChI=1S/C11H14/c1-2-6-10(7-3-1)11-8-4-5-9-11/h2,4-6,8,10H,1,3,7,9H2. The van der Waals surface area contributed by atoms with Crippen molar-refractivity contribution in [2.75, 3.05) is 0 Å². The molecule has 0 radical (unpaired) electrons. The van der Waals surface area contributed by atoms with Gasteiger partial charge in [-0.2, -0.15) is 0 Å². The molecule has 0 heteroatoms. The van der Waals surface area contributed by atoms with Crippen molar-refractivity contribution in [3.63, 3.8) is 0 Å². The molecule has 0 bridgehead atoms. The van der Waals surface area contributed by atoms with Gasteiger partial charge in [0.2, 0.25) is 0 Å². The molecular weight excluding hydrogens is 132 g/mol. The van der Waals surface area contributed by atoms with Crippen molar-refractivity contribution < 1.29 is 0 Å². The first-order valence-corrected chi connectivity index (χ1v) is 4.49. The topological polar surface area (TPSA) is 0 Å². The Bertz CT molecular complexity index is 218. The molecule has 0 saturated carbocycles. The maximum absolute atomic E-state index is 2.38. The zero-order valence-electron chi connectivity index (χ0n) is 6.79. The number of rotatable bonds is 1. The Balaban J connectivity index is 2.04. The van der Waals surface area contributed by atoms with Crippen LogP contribution in [0.2, 0.25) is 0 Å². The van der Waals surface area contributed by atoms with Crippen molar-refractivity contribution in [3.05, 3.63) is 36.0 Å². The van der Waals surface area contributed by atoms with Crippen LogP contribution in [0.25, 0.3) is 0 Å². The van der Waals surface area contributed by atoms with E-state index in [0.717, 1.165) is 5.92 Å². The third-order valence-electron chi connectivity index (χ3n) is 2.53. The summed E-state index contributed by atoms with van der Waals surface area (Å²) >= 11 is 0. The van der Waals surface area contributed by atoms with E-state index in [2.05, 4.69) is 30.4 Å². The van der Waals surface area contributed by atoms with Gasteiger partial charge < -0.3 is 0 Å². The van der Waals surface area contributed by atoms with E-state index in [1.807, 2.05) is 0 Å². The predicted octanol–water partition coefficient (Wildman–Crippen LogP) is 3.23. The second-order valence-electron chi connectivity index (χ2n) is 3.34. The maximum atomic E-state index is 2.38. The lowest BCUT2D eigenvalue weighted by Crippen LogP contribution is -2.02. The molecule has 0 spiro atoms. The van der Waals surface area contributed by atoms with Crippen LogP contribution in [0.1, 0.15) is 25.7 Å². The Morgan fingerprint density at radius 1 is 1.27 bits per heavy atom. The summed E-state index contributed by atoms with van der Waals surface area (Å²) in [5.74, 6) is 0.763. The fourth-order valence-electron chi connectivity index (χ4n) is 1.86. The summed E-state index contributed by atoms with van der Waals surface area (Å²) in [7, 11) is 0. The average Bonchev–Trinajstić information content (AvgIpc) is 2.58. The Kier molecular flexibility index (Phi) is 1.93. The van der Waals surface area contributed by atoms with Gasteiger partial charge in [-0.15, -0.1) is 0 Å². The van der Waals surface area contributed by atoms with Crippen LogP contribution in [0, 0.1) is 5.92 Å². The maximum Gasteiger partial charge on any atom is -0.00169 e. The highest BCUT2D eigenvalue weighted by atomic mass is 14.2. The molecule has 58 valence electrons. The van der Waals surface area contributed by atoms with E-state index in [0.29, 0.717) is 0 Å². The van der Waals surface area contributed by atoms with Crippen LogP contribution < -0.4 is 0 Å². The van der Waals surface area contributed by atoms with E-state index >= 15 is 0 Å². The van der Waals surface area contributed by atoms with Gasteiger partial charge >= 0.3 is 0 Å². The zero-order valence-corrected chi connectivity index (χ0v) is 6.79. The summed E-state index contributed by atoms with van der Waals surface area (Å²) in [5, 5.41) is 0. The molecule has 2 rings (SSSR count). The normalized spacial score (nSPS) is 29.1. The molecule has 1 atom stereocenters. The van der Waals surface area contributed by atoms with Gasteiger partial charge in [-0.05, 0) is 31.6 Å². The number of hydrogen-bond acceptors (Lipinski definition) is 0. The van der Waals surface area contributed by atoms with Gasteiger partial charge in [0, 0.05) is 0 Å². The van der Waals surface area contributed by atoms with Crippen molar-refractivity contribution in [2.45, 2.75) is 25.7 Å². The molecule has 1 unspecified atom stereocenters. The van der Waals surface area contributed by atoms with Crippen LogP contribution in [0.5, 0.6) is 0 Å². The molecule has 0 aliphatic heterocycles. The molecule has 0 nitrogen and oxygen atoms in total. The van der Waals surface area contributed by atoms with Crippen LogP contribution in [-0.2, 0) is 0 Å². The number of allylic oxidation sites excluding steroid dienone is 6. The Morgan fingerprint density at radius 3 is 2.91 bits per heavy atom. The van der Waals surface area contributed by atoms with Gasteiger partial charge in [-0.3, -0.25) is 0 Å². The molecule has 0 fully saturated rings. The van der Waals surface area contributed by atoms with E-state index in [9.17, 15) is 0 Å². The van der Waals surface area contributed by atoms with Crippen molar-refractivity contribution in [3.8, 4) is 0 Å². The van der Waals surface area contributed by atoms with Crippen molar-refractivity contribution >= 4 is 0 Å². The molecule has 0 N–H and O–H groups in total. The van der Waals surface area contributed by atoms with E-state index in [1.54, 1.807) is 5.57 Å². The number of hydrogen-bond donors (Lipinski definition) is 0. The minimum absolute atomic E-state index is 0.763. The second kappa shape index (κ2) is 3.08. The van der Waals surface area contributed by atoms with E-state index < -0.39 is 0 Å². The van der Waals surface area contributed by atoms with E-state index in [1.165, 1.54) is 25.7 Å². The van der Waals surface area contributed by atoms with Crippen LogP contribution in [0.3, 0.4) is 0 Å². The molecule has 0 aromatic rings. The molecule has 2 aliphatic rings. The molecule has 0 amide bonds. The SMILES string of the molecule is C1=CCC(C2C=CCCC2)=C1. The first kappa shape index (κ1) is 6.90. The lowest BCUT2D eigenvalue weighted by Gasteiger charge is -2.17. The van der Waals surface area contributed by atoms with Gasteiger partial charge in [0.05, 0.1) is 0 Å². The molecule has 11 heavy (non-hydrogen) atoms. The van der Waals surface area contributed by atoms with Gasteiger partial charge in [0.15, 0.2) is 0 Å². The van der Waals surface area contributed by atoms with Crippen molar-refractivity contribution in [2.24, 2.45) is 5.92 Å². The summed E-state index contributed by atoms with van der Waals surface area (Å²) in [6, 6.07) is 0. The fraction of sp³-hybridized carbons (Fsp3) is 0.455. The Morgan fingerprint density at radius 2 is 2.27 bits per heavy atom. The molecule has 0 heterocycles. The zero-order chi connectivity index (χ0) is 7.52. The lowest BCUT2D eigenvalue weighted by molar-refractivity contribution is 0.599. The highest BCUT2D eigenvalue weighted by Gasteiger charge is 2.13. The minimum atomic E-state index is 0.763. The quantitative estimate of drug-likeness (QED) is 0.498. The molecule has 2 aliphatic carbocycles. The monoisotopic (exact) mass is 146 g/mol.